The molecule has 2 heterocycles. The number of rotatable bonds is 4. The van der Waals surface area contributed by atoms with Crippen LogP contribution in [0.25, 0.3) is 11.0 Å². The Balaban J connectivity index is 1.41. The number of aromatic nitrogens is 2. The van der Waals surface area contributed by atoms with Gasteiger partial charge < -0.3 is 15.6 Å². The van der Waals surface area contributed by atoms with Gasteiger partial charge in [0.25, 0.3) is 0 Å². The van der Waals surface area contributed by atoms with Crippen LogP contribution in [0.2, 0.25) is 0 Å². The molecule has 6 nitrogen and oxygen atoms in total. The fraction of sp³-hybridized carbons (Fsp3) is 0.211. The van der Waals surface area contributed by atoms with Crippen molar-refractivity contribution in [2.45, 2.75) is 29.5 Å². The lowest BCUT2D eigenvalue weighted by atomic mass is 10.2. The van der Waals surface area contributed by atoms with Crippen molar-refractivity contribution in [1.29, 1.82) is 0 Å². The van der Waals surface area contributed by atoms with E-state index in [4.69, 9.17) is 0 Å². The number of hydrogen-bond donors (Lipinski definition) is 3. The maximum absolute atomic E-state index is 12.4. The second kappa shape index (κ2) is 6.84. The number of hydrogen-bond acceptors (Lipinski definition) is 4. The fourth-order valence-electron chi connectivity index (χ4n) is 2.94. The van der Waals surface area contributed by atoms with E-state index in [9.17, 15) is 9.59 Å². The van der Waals surface area contributed by atoms with Gasteiger partial charge >= 0.3 is 0 Å². The van der Waals surface area contributed by atoms with E-state index in [0.717, 1.165) is 21.6 Å². The number of carbonyl (C=O) groups excluding carboxylic acids is 2. The lowest BCUT2D eigenvalue weighted by molar-refractivity contribution is -0.124. The maximum atomic E-state index is 12.4. The molecule has 4 rings (SSSR count). The van der Waals surface area contributed by atoms with E-state index in [2.05, 4.69) is 20.6 Å². The highest BCUT2D eigenvalue weighted by Crippen LogP contribution is 2.36. The summed E-state index contributed by atoms with van der Waals surface area (Å²) >= 11 is 1.42. The molecule has 1 aliphatic heterocycles. The van der Waals surface area contributed by atoms with Gasteiger partial charge in [0.15, 0.2) is 0 Å². The monoisotopic (exact) mass is 366 g/mol. The first kappa shape index (κ1) is 16.7. The predicted octanol–water partition coefficient (Wildman–Crippen LogP) is 3.24. The number of carbonyl (C=O) groups is 2. The summed E-state index contributed by atoms with van der Waals surface area (Å²) in [5, 5.41) is 5.35. The number of benzene rings is 2. The highest BCUT2D eigenvalue weighted by molar-refractivity contribution is 8.01. The molecular formula is C19H18N4O2S. The van der Waals surface area contributed by atoms with E-state index in [1.54, 1.807) is 0 Å². The highest BCUT2D eigenvalue weighted by atomic mass is 32.2. The summed E-state index contributed by atoms with van der Waals surface area (Å²) in [5.41, 5.74) is 2.60. The first-order valence-corrected chi connectivity index (χ1v) is 9.28. The molecule has 1 aliphatic rings. The number of para-hydroxylation sites is 3. The van der Waals surface area contributed by atoms with Crippen LogP contribution >= 0.6 is 11.8 Å². The zero-order chi connectivity index (χ0) is 18.1. The van der Waals surface area contributed by atoms with Crippen molar-refractivity contribution in [1.82, 2.24) is 15.3 Å². The average Bonchev–Trinajstić information content (AvgIpc) is 3.06. The topological polar surface area (TPSA) is 86.9 Å². The molecule has 1 unspecified atom stereocenters. The minimum atomic E-state index is -0.437. The molecule has 0 saturated heterocycles. The van der Waals surface area contributed by atoms with Crippen molar-refractivity contribution in [3.05, 3.63) is 54.4 Å². The minimum Gasteiger partial charge on any atom is -0.346 e. The quantitative estimate of drug-likeness (QED) is 0.661. The Morgan fingerprint density at radius 1 is 1.23 bits per heavy atom. The number of H-pyrrole nitrogens is 1. The van der Waals surface area contributed by atoms with Crippen LogP contribution in [0.1, 0.15) is 25.2 Å². The standard InChI is InChI=1S/C19H18N4O2S/c1-11(18-21-12-6-2-3-7-13(12)22-18)20-17(24)10-16-19(25)23-14-8-4-5-9-15(14)26-16/h2-9,11,16H,10H2,1H3,(H,20,24)(H,21,22)(H,23,25)/t11-,16?/m0/s1. The Hall–Kier alpha value is -2.80. The van der Waals surface area contributed by atoms with E-state index in [1.165, 1.54) is 11.8 Å². The Morgan fingerprint density at radius 2 is 2.00 bits per heavy atom. The van der Waals surface area contributed by atoms with Crippen LogP contribution in [0.5, 0.6) is 0 Å². The molecule has 2 aromatic carbocycles. The number of imidazole rings is 1. The summed E-state index contributed by atoms with van der Waals surface area (Å²) < 4.78 is 0. The van der Waals surface area contributed by atoms with Crippen LogP contribution < -0.4 is 10.6 Å². The third kappa shape index (κ3) is 3.30. The van der Waals surface area contributed by atoms with Gasteiger partial charge in [-0.25, -0.2) is 4.98 Å². The van der Waals surface area contributed by atoms with Crippen LogP contribution in [0.3, 0.4) is 0 Å². The van der Waals surface area contributed by atoms with Crippen molar-refractivity contribution in [3.8, 4) is 0 Å². The van der Waals surface area contributed by atoms with E-state index < -0.39 is 5.25 Å². The van der Waals surface area contributed by atoms with Gasteiger partial charge in [-0.1, -0.05) is 24.3 Å². The molecular weight excluding hydrogens is 348 g/mol. The second-order valence-corrected chi connectivity index (χ2v) is 7.47. The van der Waals surface area contributed by atoms with E-state index in [-0.39, 0.29) is 24.3 Å². The van der Waals surface area contributed by atoms with Gasteiger partial charge in [-0.15, -0.1) is 11.8 Å². The molecule has 7 heteroatoms. The number of nitrogens with one attached hydrogen (secondary N) is 3. The minimum absolute atomic E-state index is 0.120. The molecule has 2 amide bonds. The zero-order valence-electron chi connectivity index (χ0n) is 14.2. The van der Waals surface area contributed by atoms with Crippen LogP contribution in [-0.4, -0.2) is 27.0 Å². The molecule has 0 fully saturated rings. The molecule has 0 saturated carbocycles. The third-order valence-corrected chi connectivity index (χ3v) is 5.55. The molecule has 1 aromatic heterocycles. The van der Waals surface area contributed by atoms with Crippen molar-refractivity contribution < 1.29 is 9.59 Å². The Morgan fingerprint density at radius 3 is 2.85 bits per heavy atom. The van der Waals surface area contributed by atoms with Gasteiger partial charge in [0.05, 0.1) is 28.0 Å². The van der Waals surface area contributed by atoms with Gasteiger partial charge in [0.1, 0.15) is 5.82 Å². The number of aromatic amines is 1. The molecule has 2 atom stereocenters. The van der Waals surface area contributed by atoms with Crippen LogP contribution in [0.15, 0.2) is 53.4 Å². The molecule has 3 N–H and O–H groups in total. The first-order chi connectivity index (χ1) is 12.6. The van der Waals surface area contributed by atoms with Crippen LogP contribution in [0, 0.1) is 0 Å². The second-order valence-electron chi connectivity index (χ2n) is 6.22. The highest BCUT2D eigenvalue weighted by Gasteiger charge is 2.29. The first-order valence-electron chi connectivity index (χ1n) is 8.41. The fourth-order valence-corrected chi connectivity index (χ4v) is 4.05. The molecule has 132 valence electrons. The predicted molar refractivity (Wildman–Crippen MR) is 102 cm³/mol. The average molecular weight is 366 g/mol. The Kier molecular flexibility index (Phi) is 4.38. The van der Waals surface area contributed by atoms with E-state index >= 15 is 0 Å². The van der Waals surface area contributed by atoms with Crippen molar-refractivity contribution in [2.75, 3.05) is 5.32 Å². The van der Waals surface area contributed by atoms with Gasteiger partial charge in [0.2, 0.25) is 11.8 Å². The summed E-state index contributed by atoms with van der Waals surface area (Å²) in [6, 6.07) is 15.1. The van der Waals surface area contributed by atoms with Crippen molar-refractivity contribution in [3.63, 3.8) is 0 Å². The Labute approximate surface area is 154 Å². The van der Waals surface area contributed by atoms with Crippen molar-refractivity contribution in [2.24, 2.45) is 0 Å². The van der Waals surface area contributed by atoms with Gasteiger partial charge in [-0.05, 0) is 31.2 Å². The smallest absolute Gasteiger partial charge is 0.238 e. The molecule has 0 bridgehead atoms. The third-order valence-electron chi connectivity index (χ3n) is 4.27. The normalized spacial score (nSPS) is 17.4. The SMILES string of the molecule is C[C@H](NC(=O)CC1Sc2ccccc2NC1=O)c1nc2ccccc2[nH]1. The molecule has 0 radical (unpaired) electrons. The summed E-state index contributed by atoms with van der Waals surface area (Å²) in [5.74, 6) is 0.385. The lowest BCUT2D eigenvalue weighted by Crippen LogP contribution is -2.36. The molecule has 0 spiro atoms. The number of fused-ring (bicyclic) bond motifs is 2. The number of nitrogens with zero attached hydrogens (tertiary/aromatic N) is 1. The van der Waals surface area contributed by atoms with E-state index in [1.807, 2.05) is 55.5 Å². The summed E-state index contributed by atoms with van der Waals surface area (Å²) in [6.45, 7) is 1.87. The summed E-state index contributed by atoms with van der Waals surface area (Å²) in [6.07, 6.45) is 0.120. The van der Waals surface area contributed by atoms with Gasteiger partial charge in [-0.3, -0.25) is 9.59 Å². The zero-order valence-corrected chi connectivity index (χ0v) is 15.0. The van der Waals surface area contributed by atoms with Crippen LogP contribution in [-0.2, 0) is 9.59 Å². The summed E-state index contributed by atoms with van der Waals surface area (Å²) in [7, 11) is 0. The molecule has 0 aliphatic carbocycles. The maximum Gasteiger partial charge on any atom is 0.238 e. The van der Waals surface area contributed by atoms with Gasteiger partial charge in [-0.2, -0.15) is 0 Å². The number of thioether (sulfide) groups is 1. The van der Waals surface area contributed by atoms with Crippen molar-refractivity contribution >= 4 is 40.3 Å². The van der Waals surface area contributed by atoms with Crippen LogP contribution in [0.4, 0.5) is 5.69 Å². The van der Waals surface area contributed by atoms with Gasteiger partial charge in [0, 0.05) is 11.3 Å². The Bertz CT molecular complexity index is 951. The number of amides is 2. The molecule has 3 aromatic rings. The molecule has 26 heavy (non-hydrogen) atoms. The largest absolute Gasteiger partial charge is 0.346 e. The number of anilines is 1. The summed E-state index contributed by atoms with van der Waals surface area (Å²) in [4.78, 5) is 33.4. The lowest BCUT2D eigenvalue weighted by Gasteiger charge is -2.24. The van der Waals surface area contributed by atoms with E-state index in [0.29, 0.717) is 5.82 Å².